The summed E-state index contributed by atoms with van der Waals surface area (Å²) in [6.45, 7) is 6.55. The molecule has 0 saturated carbocycles. The number of hydrogen-bond donors (Lipinski definition) is 0. The van der Waals surface area contributed by atoms with Crippen LogP contribution in [0.25, 0.3) is 10.2 Å². The minimum Gasteiger partial charge on any atom is -0.339 e. The maximum Gasteiger partial charge on any atom is 0.263 e. The number of hydrogen-bond acceptors (Lipinski definition) is 6. The van der Waals surface area contributed by atoms with Gasteiger partial charge in [0.2, 0.25) is 5.91 Å². The number of carbonyl (C=O) groups is 1. The molecule has 0 spiro atoms. The lowest BCUT2D eigenvalue weighted by Gasteiger charge is -2.36. The first-order valence-electron chi connectivity index (χ1n) is 12.6. The number of thioether (sulfide) groups is 1. The Morgan fingerprint density at radius 2 is 2.03 bits per heavy atom. The third-order valence-corrected chi connectivity index (χ3v) is 9.30. The topological polar surface area (TPSA) is 58.4 Å². The van der Waals surface area contributed by atoms with E-state index >= 15 is 0 Å². The number of rotatable bonds is 8. The zero-order chi connectivity index (χ0) is 23.5. The molecule has 2 aromatic heterocycles. The number of likely N-dealkylation sites (tertiary alicyclic amines) is 1. The summed E-state index contributed by atoms with van der Waals surface area (Å²) in [7, 11) is 4.11. The van der Waals surface area contributed by atoms with Gasteiger partial charge in [-0.1, -0.05) is 18.7 Å². The smallest absolute Gasteiger partial charge is 0.263 e. The number of aryl methyl sites for hydroxylation is 2. The second-order valence-corrected chi connectivity index (χ2v) is 12.1. The Labute approximate surface area is 205 Å². The highest BCUT2D eigenvalue weighted by atomic mass is 32.2. The fourth-order valence-electron chi connectivity index (χ4n) is 5.21. The zero-order valence-corrected chi connectivity index (χ0v) is 22.2. The fraction of sp³-hybridized carbons (Fsp3) is 0.720. The van der Waals surface area contributed by atoms with E-state index in [2.05, 4.69) is 30.8 Å². The van der Waals surface area contributed by atoms with Gasteiger partial charge in [-0.25, -0.2) is 4.98 Å². The van der Waals surface area contributed by atoms with Crippen LogP contribution in [-0.4, -0.2) is 63.7 Å². The van der Waals surface area contributed by atoms with Crippen molar-refractivity contribution in [2.45, 2.75) is 94.6 Å². The van der Waals surface area contributed by atoms with E-state index in [0.717, 1.165) is 68.3 Å². The molecule has 8 heteroatoms. The molecule has 3 heterocycles. The third kappa shape index (κ3) is 5.33. The van der Waals surface area contributed by atoms with Crippen molar-refractivity contribution >= 4 is 39.2 Å². The maximum atomic E-state index is 13.7. The molecule has 2 aromatic rings. The van der Waals surface area contributed by atoms with Gasteiger partial charge in [0.15, 0.2) is 5.16 Å². The van der Waals surface area contributed by atoms with Gasteiger partial charge in [-0.2, -0.15) is 0 Å². The van der Waals surface area contributed by atoms with Crippen molar-refractivity contribution in [3.63, 3.8) is 0 Å². The first-order valence-corrected chi connectivity index (χ1v) is 14.3. The first-order chi connectivity index (χ1) is 15.9. The predicted octanol–water partition coefficient (Wildman–Crippen LogP) is 4.56. The van der Waals surface area contributed by atoms with E-state index in [0.29, 0.717) is 17.7 Å². The summed E-state index contributed by atoms with van der Waals surface area (Å²) in [6.07, 6.45) is 9.65. The average molecular weight is 491 g/mol. The molecular formula is C25H38N4O2S2. The molecule has 0 bridgehead atoms. The van der Waals surface area contributed by atoms with Gasteiger partial charge < -0.3 is 9.80 Å². The van der Waals surface area contributed by atoms with Gasteiger partial charge in [-0.15, -0.1) is 11.3 Å². The lowest BCUT2D eigenvalue weighted by atomic mass is 9.97. The zero-order valence-electron chi connectivity index (χ0n) is 20.6. The largest absolute Gasteiger partial charge is 0.339 e. The van der Waals surface area contributed by atoms with Crippen molar-refractivity contribution in [2.75, 3.05) is 27.2 Å². The van der Waals surface area contributed by atoms with Gasteiger partial charge in [0, 0.05) is 24.0 Å². The lowest BCUT2D eigenvalue weighted by Crippen LogP contribution is -2.46. The molecule has 6 nitrogen and oxygen atoms in total. The highest BCUT2D eigenvalue weighted by Crippen LogP contribution is 2.35. The van der Waals surface area contributed by atoms with E-state index in [1.807, 2.05) is 11.5 Å². The number of piperidine rings is 1. The molecule has 1 aliphatic carbocycles. The van der Waals surface area contributed by atoms with Crippen LogP contribution in [0.1, 0.15) is 69.2 Å². The Hall–Kier alpha value is -1.38. The fourth-order valence-corrected chi connectivity index (χ4v) is 7.52. The Morgan fingerprint density at radius 3 is 2.79 bits per heavy atom. The van der Waals surface area contributed by atoms with Gasteiger partial charge in [-0.05, 0) is 90.9 Å². The summed E-state index contributed by atoms with van der Waals surface area (Å²) in [6, 6.07) is 0.344. The van der Waals surface area contributed by atoms with Crippen LogP contribution in [0.3, 0.4) is 0 Å². The maximum absolute atomic E-state index is 13.7. The summed E-state index contributed by atoms with van der Waals surface area (Å²) in [5.74, 6) is 0.186. The van der Waals surface area contributed by atoms with Crippen molar-refractivity contribution in [2.24, 2.45) is 0 Å². The van der Waals surface area contributed by atoms with Crippen LogP contribution in [0.2, 0.25) is 0 Å². The van der Waals surface area contributed by atoms with Crippen LogP contribution in [0.4, 0.5) is 0 Å². The quantitative estimate of drug-likeness (QED) is 0.401. The molecule has 2 unspecified atom stereocenters. The third-order valence-electron chi connectivity index (χ3n) is 7.04. The number of amides is 1. The molecule has 1 saturated heterocycles. The predicted molar refractivity (Wildman–Crippen MR) is 139 cm³/mol. The molecule has 1 amide bonds. The molecular weight excluding hydrogens is 452 g/mol. The van der Waals surface area contributed by atoms with Gasteiger partial charge in [0.1, 0.15) is 4.83 Å². The van der Waals surface area contributed by atoms with Gasteiger partial charge in [0.25, 0.3) is 5.56 Å². The molecule has 1 aliphatic heterocycles. The molecule has 33 heavy (non-hydrogen) atoms. The van der Waals surface area contributed by atoms with E-state index in [1.54, 1.807) is 11.3 Å². The van der Waals surface area contributed by atoms with Crippen LogP contribution in [0.5, 0.6) is 0 Å². The molecule has 1 fully saturated rings. The number of aromatic nitrogens is 2. The van der Waals surface area contributed by atoms with E-state index in [1.165, 1.54) is 35.0 Å². The minimum atomic E-state index is -0.254. The monoisotopic (exact) mass is 490 g/mol. The average Bonchev–Trinajstić information content (AvgIpc) is 3.18. The number of carbonyl (C=O) groups excluding carboxylic acids is 1. The minimum absolute atomic E-state index is 0.0877. The van der Waals surface area contributed by atoms with Crippen LogP contribution in [-0.2, 0) is 24.2 Å². The van der Waals surface area contributed by atoms with Crippen molar-refractivity contribution in [3.05, 3.63) is 20.8 Å². The molecule has 0 aromatic carbocycles. The Bertz CT molecular complexity index is 1050. The number of nitrogens with zero attached hydrogens (tertiary/aromatic N) is 4. The van der Waals surface area contributed by atoms with E-state index in [9.17, 15) is 9.59 Å². The van der Waals surface area contributed by atoms with Crippen LogP contribution < -0.4 is 5.56 Å². The second-order valence-electron chi connectivity index (χ2n) is 9.75. The summed E-state index contributed by atoms with van der Waals surface area (Å²) >= 11 is 3.16. The summed E-state index contributed by atoms with van der Waals surface area (Å²) in [4.78, 5) is 38.5. The first kappa shape index (κ1) is 24.7. The molecule has 2 atom stereocenters. The number of thiophene rings is 1. The van der Waals surface area contributed by atoms with Gasteiger partial charge >= 0.3 is 0 Å². The van der Waals surface area contributed by atoms with Gasteiger partial charge in [0.05, 0.1) is 10.6 Å². The standard InChI is InChI=1S/C25H38N4O2S2/c1-5-18-11-8-9-15-28(18)23(30)17(2)32-25-26-22-21(19-12-6-7-13-20(19)33-22)24(31)29(25)16-10-14-27(3)4/h17-18H,5-16H2,1-4H3. The van der Waals surface area contributed by atoms with Crippen LogP contribution in [0.15, 0.2) is 9.95 Å². The Morgan fingerprint density at radius 1 is 1.24 bits per heavy atom. The van der Waals surface area contributed by atoms with Crippen LogP contribution >= 0.6 is 23.1 Å². The van der Waals surface area contributed by atoms with E-state index < -0.39 is 0 Å². The van der Waals surface area contributed by atoms with Crippen molar-refractivity contribution in [3.8, 4) is 0 Å². The van der Waals surface area contributed by atoms with Gasteiger partial charge in [-0.3, -0.25) is 14.2 Å². The molecule has 2 aliphatic rings. The van der Waals surface area contributed by atoms with Crippen LogP contribution in [0, 0.1) is 0 Å². The Balaban J connectivity index is 1.66. The molecule has 4 rings (SSSR count). The molecule has 0 radical (unpaired) electrons. The van der Waals surface area contributed by atoms with Crippen molar-refractivity contribution in [1.82, 2.24) is 19.4 Å². The Kier molecular flexibility index (Phi) is 8.18. The van der Waals surface area contributed by atoms with Crippen molar-refractivity contribution in [1.29, 1.82) is 0 Å². The summed E-state index contributed by atoms with van der Waals surface area (Å²) in [5.41, 5.74) is 1.32. The summed E-state index contributed by atoms with van der Waals surface area (Å²) < 4.78 is 1.86. The lowest BCUT2D eigenvalue weighted by molar-refractivity contribution is -0.134. The summed E-state index contributed by atoms with van der Waals surface area (Å²) in [5, 5.41) is 1.29. The normalized spacial score (nSPS) is 19.8. The highest BCUT2D eigenvalue weighted by Gasteiger charge is 2.30. The number of fused-ring (bicyclic) bond motifs is 3. The molecule has 0 N–H and O–H groups in total. The van der Waals surface area contributed by atoms with Crippen molar-refractivity contribution < 1.29 is 4.79 Å². The van der Waals surface area contributed by atoms with E-state index in [4.69, 9.17) is 4.98 Å². The molecule has 182 valence electrons. The highest BCUT2D eigenvalue weighted by molar-refractivity contribution is 8.00. The second kappa shape index (κ2) is 10.9. The van der Waals surface area contributed by atoms with E-state index in [-0.39, 0.29) is 16.7 Å². The SMILES string of the molecule is CCC1CCCCN1C(=O)C(C)Sc1nc2sc3c(c2c(=O)n1CCCN(C)C)CCCC3.